The second-order valence-corrected chi connectivity index (χ2v) is 12.0. The molecule has 5 atom stereocenters. The van der Waals surface area contributed by atoms with E-state index >= 15 is 0 Å². The molecule has 1 aromatic carbocycles. The summed E-state index contributed by atoms with van der Waals surface area (Å²) >= 11 is 0. The van der Waals surface area contributed by atoms with Crippen LogP contribution in [0.1, 0.15) is 63.4 Å². The zero-order chi connectivity index (χ0) is 22.1. The topological polar surface area (TPSA) is 95.5 Å². The van der Waals surface area contributed by atoms with Crippen LogP contribution in [0.3, 0.4) is 0 Å². The van der Waals surface area contributed by atoms with Gasteiger partial charge in [-0.25, -0.2) is 13.1 Å². The Balaban J connectivity index is 1.22. The van der Waals surface area contributed by atoms with E-state index in [1.54, 1.807) is 24.3 Å². The number of hydrogen-bond donors (Lipinski definition) is 3. The van der Waals surface area contributed by atoms with Gasteiger partial charge in [0.25, 0.3) is 0 Å². The average Bonchev–Trinajstić information content (AvgIpc) is 2.92. The monoisotopic (exact) mass is 448 g/mol. The average molecular weight is 449 g/mol. The van der Waals surface area contributed by atoms with Crippen LogP contribution in [0.15, 0.2) is 29.2 Å². The molecule has 4 rings (SSSR count). The van der Waals surface area contributed by atoms with Crippen molar-refractivity contribution >= 4 is 15.9 Å². The van der Waals surface area contributed by atoms with Gasteiger partial charge >= 0.3 is 0 Å². The van der Waals surface area contributed by atoms with E-state index in [1.807, 2.05) is 0 Å². The number of fused-ring (bicyclic) bond motifs is 2. The Morgan fingerprint density at radius 3 is 2.65 bits per heavy atom. The zero-order valence-corrected chi connectivity index (χ0v) is 19.3. The Morgan fingerprint density at radius 1 is 1.16 bits per heavy atom. The van der Waals surface area contributed by atoms with E-state index in [0.717, 1.165) is 29.7 Å². The third-order valence-corrected chi connectivity index (χ3v) is 9.50. The van der Waals surface area contributed by atoms with Crippen molar-refractivity contribution in [2.24, 2.45) is 23.2 Å². The van der Waals surface area contributed by atoms with Crippen LogP contribution in [0, 0.1) is 23.2 Å². The maximum Gasteiger partial charge on any atom is 0.248 e. The minimum atomic E-state index is -3.44. The molecule has 3 fully saturated rings. The molecule has 1 amide bonds. The smallest absolute Gasteiger partial charge is 0.248 e. The van der Waals surface area contributed by atoms with Crippen molar-refractivity contribution in [2.45, 2.75) is 75.2 Å². The van der Waals surface area contributed by atoms with Crippen molar-refractivity contribution in [3.63, 3.8) is 0 Å². The minimum Gasteiger partial charge on any atom is -0.383 e. The van der Waals surface area contributed by atoms with Crippen LogP contribution in [0.5, 0.6) is 0 Å². The lowest BCUT2D eigenvalue weighted by molar-refractivity contribution is -0.130. The zero-order valence-electron chi connectivity index (χ0n) is 18.5. The summed E-state index contributed by atoms with van der Waals surface area (Å²) in [4.78, 5) is 12.6. The van der Waals surface area contributed by atoms with Crippen LogP contribution in [0.2, 0.25) is 0 Å². The Bertz CT molecular complexity index is 881. The lowest BCUT2D eigenvalue weighted by Gasteiger charge is -2.38. The third-order valence-electron chi connectivity index (χ3n) is 8.07. The highest BCUT2D eigenvalue weighted by Crippen LogP contribution is 2.61. The predicted octanol–water partition coefficient (Wildman–Crippen LogP) is 3.00. The van der Waals surface area contributed by atoms with Gasteiger partial charge in [0.15, 0.2) is 0 Å². The van der Waals surface area contributed by atoms with E-state index in [2.05, 4.69) is 10.0 Å². The van der Waals surface area contributed by atoms with Gasteiger partial charge in [-0.3, -0.25) is 4.79 Å². The fourth-order valence-corrected chi connectivity index (χ4v) is 7.33. The van der Waals surface area contributed by atoms with Gasteiger partial charge in [-0.2, -0.15) is 0 Å². The van der Waals surface area contributed by atoms with E-state index in [9.17, 15) is 18.3 Å². The molecule has 1 aromatic rings. The molecular weight excluding hydrogens is 412 g/mol. The third kappa shape index (κ3) is 5.15. The molecule has 0 spiro atoms. The molecule has 5 unspecified atom stereocenters. The Hall–Kier alpha value is -1.44. The second-order valence-electron chi connectivity index (χ2n) is 10.1. The highest BCUT2D eigenvalue weighted by molar-refractivity contribution is 7.89. The molecule has 172 valence electrons. The van der Waals surface area contributed by atoms with Gasteiger partial charge in [0, 0.05) is 6.54 Å². The summed E-state index contributed by atoms with van der Waals surface area (Å²) in [6.45, 7) is 0.422. The Morgan fingerprint density at radius 2 is 1.90 bits per heavy atom. The number of carbonyl (C=O) groups excluding carboxylic acids is 1. The number of rotatable bonds is 9. The summed E-state index contributed by atoms with van der Waals surface area (Å²) in [7, 11) is -2.05. The second kappa shape index (κ2) is 9.20. The molecule has 0 radical (unpaired) electrons. The van der Waals surface area contributed by atoms with E-state index in [4.69, 9.17) is 0 Å². The fourth-order valence-electron chi connectivity index (χ4n) is 6.60. The van der Waals surface area contributed by atoms with E-state index in [-0.39, 0.29) is 10.8 Å². The molecule has 3 aliphatic rings. The molecule has 0 saturated heterocycles. The highest BCUT2D eigenvalue weighted by atomic mass is 32.2. The number of amides is 1. The molecule has 0 aromatic heterocycles. The molecule has 3 N–H and O–H groups in total. The molecule has 7 heteroatoms. The van der Waals surface area contributed by atoms with Crippen molar-refractivity contribution < 1.29 is 18.3 Å². The van der Waals surface area contributed by atoms with Crippen LogP contribution in [0.4, 0.5) is 0 Å². The number of nitrogens with one attached hydrogen (secondary N) is 2. The van der Waals surface area contributed by atoms with Gasteiger partial charge in [-0.05, 0) is 92.9 Å². The van der Waals surface area contributed by atoms with E-state index < -0.39 is 16.1 Å². The first-order chi connectivity index (χ1) is 14.8. The van der Waals surface area contributed by atoms with Gasteiger partial charge in [0.05, 0.1) is 4.90 Å². The lowest BCUT2D eigenvalue weighted by Crippen LogP contribution is -2.37. The van der Waals surface area contributed by atoms with Crippen LogP contribution in [0.25, 0.3) is 0 Å². The fraction of sp³-hybridized carbons (Fsp3) is 0.708. The number of aliphatic hydroxyl groups is 1. The number of carbonyl (C=O) groups is 1. The van der Waals surface area contributed by atoms with Crippen molar-refractivity contribution in [3.05, 3.63) is 29.8 Å². The molecule has 6 nitrogen and oxygen atoms in total. The van der Waals surface area contributed by atoms with Crippen molar-refractivity contribution in [2.75, 3.05) is 13.6 Å². The maximum atomic E-state index is 12.4. The maximum absolute atomic E-state index is 12.4. The highest BCUT2D eigenvalue weighted by Gasteiger charge is 2.51. The molecule has 0 aliphatic heterocycles. The molecule has 0 heterocycles. The first-order valence-corrected chi connectivity index (χ1v) is 13.3. The quantitative estimate of drug-likeness (QED) is 0.541. The largest absolute Gasteiger partial charge is 0.383 e. The van der Waals surface area contributed by atoms with Crippen molar-refractivity contribution in [1.29, 1.82) is 0 Å². The summed E-state index contributed by atoms with van der Waals surface area (Å²) in [5.74, 6) is 2.35. The standard InChI is InChI=1S/C24H36N2O4S/c1-25-31(29,30)21-7-5-17(6-8-21)10-12-26-23(28)22(27)9-11-24-14-18-3-2-4-19(15-24)20(13-18)16-24/h5-8,18-20,22,25,27H,2-4,9-16H2,1H3,(H,26,28). The molecule has 3 bridgehead atoms. The minimum absolute atomic E-state index is 0.221. The number of benzene rings is 1. The summed E-state index contributed by atoms with van der Waals surface area (Å²) < 4.78 is 25.8. The van der Waals surface area contributed by atoms with E-state index in [1.165, 1.54) is 52.0 Å². The summed E-state index contributed by atoms with van der Waals surface area (Å²) in [6.07, 6.45) is 10.6. The Kier molecular flexibility index (Phi) is 6.75. The van der Waals surface area contributed by atoms with Crippen LogP contribution >= 0.6 is 0 Å². The predicted molar refractivity (Wildman–Crippen MR) is 120 cm³/mol. The van der Waals surface area contributed by atoms with Crippen LogP contribution in [-0.2, 0) is 21.2 Å². The molecule has 3 aliphatic carbocycles. The van der Waals surface area contributed by atoms with E-state index in [0.29, 0.717) is 24.8 Å². The SMILES string of the molecule is CNS(=O)(=O)c1ccc(CCNC(=O)C(O)CCC23CC4CCCC(C2)C(C4)C3)cc1. The molecule has 3 saturated carbocycles. The number of hydrogen-bond acceptors (Lipinski definition) is 4. The van der Waals surface area contributed by atoms with Crippen LogP contribution < -0.4 is 10.0 Å². The van der Waals surface area contributed by atoms with Gasteiger partial charge < -0.3 is 10.4 Å². The summed E-state index contributed by atoms with van der Waals surface area (Å²) in [6, 6.07) is 6.63. The number of aliphatic hydroxyl groups excluding tert-OH is 1. The lowest BCUT2D eigenvalue weighted by atomic mass is 9.67. The van der Waals surface area contributed by atoms with Gasteiger partial charge in [-0.1, -0.05) is 31.4 Å². The molecule has 31 heavy (non-hydrogen) atoms. The van der Waals surface area contributed by atoms with Gasteiger partial charge in [0.2, 0.25) is 15.9 Å². The van der Waals surface area contributed by atoms with Gasteiger partial charge in [-0.15, -0.1) is 0 Å². The number of sulfonamides is 1. The van der Waals surface area contributed by atoms with Crippen molar-refractivity contribution in [3.8, 4) is 0 Å². The summed E-state index contributed by atoms with van der Waals surface area (Å²) in [5.41, 5.74) is 1.31. The van der Waals surface area contributed by atoms with Crippen molar-refractivity contribution in [1.82, 2.24) is 10.0 Å². The summed E-state index contributed by atoms with van der Waals surface area (Å²) in [5, 5.41) is 13.3. The van der Waals surface area contributed by atoms with Crippen LogP contribution in [-0.4, -0.2) is 39.1 Å². The van der Waals surface area contributed by atoms with Gasteiger partial charge in [0.1, 0.15) is 6.10 Å². The first kappa shape index (κ1) is 22.7. The Labute approximate surface area is 186 Å². The normalized spacial score (nSPS) is 30.7. The molecular formula is C24H36N2O4S. The first-order valence-electron chi connectivity index (χ1n) is 11.8.